The molecule has 220 valence electrons. The molecule has 1 aliphatic heterocycles. The number of aliphatic hydroxyl groups is 1. The molecular weight excluding hydrogens is 568 g/mol. The van der Waals surface area contributed by atoms with Gasteiger partial charge >= 0.3 is 25.5 Å². The molecule has 0 aromatic carbocycles. The molecule has 1 aromatic rings. The monoisotopic (exact) mass is 599 g/mol. The number of rotatable bonds is 10. The van der Waals surface area contributed by atoms with Gasteiger partial charge in [0.1, 0.15) is 17.5 Å². The van der Waals surface area contributed by atoms with Gasteiger partial charge in [0.2, 0.25) is 13.6 Å². The maximum atomic E-state index is 15.6. The molecule has 0 radical (unpaired) electrons. The van der Waals surface area contributed by atoms with Crippen molar-refractivity contribution >= 4 is 37.2 Å². The van der Waals surface area contributed by atoms with Crippen LogP contribution in [0.1, 0.15) is 47.8 Å². The van der Waals surface area contributed by atoms with Gasteiger partial charge in [-0.15, -0.1) is 11.6 Å². The highest BCUT2D eigenvalue weighted by atomic mass is 35.5. The minimum absolute atomic E-state index is 0.114. The minimum atomic E-state index is -4.83. The van der Waals surface area contributed by atoms with Crippen molar-refractivity contribution < 1.29 is 51.4 Å². The van der Waals surface area contributed by atoms with Gasteiger partial charge in [-0.3, -0.25) is 18.7 Å². The van der Waals surface area contributed by atoms with Crippen molar-refractivity contribution in [3.63, 3.8) is 0 Å². The summed E-state index contributed by atoms with van der Waals surface area (Å²) in [6.45, 7) is 7.55. The van der Waals surface area contributed by atoms with Crippen LogP contribution in [0.5, 0.6) is 0 Å². The van der Waals surface area contributed by atoms with Crippen LogP contribution in [0.15, 0.2) is 17.1 Å². The number of anilines is 1. The lowest BCUT2D eigenvalue weighted by molar-refractivity contribution is -0.164. The van der Waals surface area contributed by atoms with Crippen LogP contribution in [-0.2, 0) is 41.9 Å². The van der Waals surface area contributed by atoms with Crippen molar-refractivity contribution in [3.8, 4) is 0 Å². The summed E-state index contributed by atoms with van der Waals surface area (Å²) in [5.74, 6) is -2.12. The molecule has 14 nitrogen and oxygen atoms in total. The number of alkyl halides is 2. The van der Waals surface area contributed by atoms with Gasteiger partial charge in [0, 0.05) is 6.20 Å². The number of halogens is 2. The second-order valence-electron chi connectivity index (χ2n) is 11.1. The van der Waals surface area contributed by atoms with Crippen LogP contribution in [-0.4, -0.2) is 69.5 Å². The van der Waals surface area contributed by atoms with E-state index in [1.807, 2.05) is 0 Å². The number of phosphoric acid groups is 1. The van der Waals surface area contributed by atoms with E-state index in [1.165, 1.54) is 6.07 Å². The summed E-state index contributed by atoms with van der Waals surface area (Å²) in [5.41, 5.74) is -1.85. The molecule has 0 spiro atoms. The molecule has 0 amide bonds. The van der Waals surface area contributed by atoms with Gasteiger partial charge in [-0.25, -0.2) is 22.8 Å². The third-order valence-corrected chi connectivity index (χ3v) is 7.71. The highest BCUT2D eigenvalue weighted by Gasteiger charge is 2.90. The van der Waals surface area contributed by atoms with Crippen LogP contribution in [0.25, 0.3) is 0 Å². The predicted octanol–water partition coefficient (Wildman–Crippen LogP) is 2.03. The van der Waals surface area contributed by atoms with E-state index in [-0.39, 0.29) is 5.82 Å². The lowest BCUT2D eigenvalue weighted by Crippen LogP contribution is -2.38. The zero-order valence-electron chi connectivity index (χ0n) is 22.2. The van der Waals surface area contributed by atoms with Crippen LogP contribution in [0.2, 0.25) is 0 Å². The zero-order valence-corrected chi connectivity index (χ0v) is 23.9. The van der Waals surface area contributed by atoms with Crippen LogP contribution in [0.3, 0.4) is 0 Å². The number of phosphoric ester groups is 1. The highest BCUT2D eigenvalue weighted by molar-refractivity contribution is 7.48. The Balaban J connectivity index is 1.79. The fraction of sp³-hybridized carbons (Fsp3) is 0.727. The Morgan fingerprint density at radius 3 is 2.10 bits per heavy atom. The third-order valence-electron chi connectivity index (χ3n) is 6.00. The molecule has 5 atom stereocenters. The maximum Gasteiger partial charge on any atom is 0.481 e. The number of nitrogens with zero attached hydrogens (tertiary/aromatic N) is 2. The third kappa shape index (κ3) is 5.99. The largest absolute Gasteiger partial charge is 0.481 e. The van der Waals surface area contributed by atoms with Gasteiger partial charge in [0.15, 0.2) is 18.0 Å². The number of carbonyl (C=O) groups is 2. The number of nitrogens with two attached hydrogens (primary N) is 1. The topological polar surface area (TPSA) is 188 Å². The van der Waals surface area contributed by atoms with Crippen molar-refractivity contribution in [2.75, 3.05) is 25.2 Å². The van der Waals surface area contributed by atoms with Gasteiger partial charge < -0.3 is 25.1 Å². The number of aromatic nitrogens is 2. The van der Waals surface area contributed by atoms with Crippen LogP contribution >= 0.6 is 19.4 Å². The van der Waals surface area contributed by atoms with E-state index < -0.39 is 85.5 Å². The summed E-state index contributed by atoms with van der Waals surface area (Å²) in [6, 6.07) is 1.22. The molecule has 2 fully saturated rings. The average molecular weight is 600 g/mol. The van der Waals surface area contributed by atoms with Gasteiger partial charge in [0.25, 0.3) is 0 Å². The lowest BCUT2D eigenvalue weighted by Gasteiger charge is -2.26. The van der Waals surface area contributed by atoms with Gasteiger partial charge in [-0.05, 0) is 47.6 Å². The summed E-state index contributed by atoms with van der Waals surface area (Å²) in [7, 11) is -4.83. The molecule has 2 aliphatic rings. The zero-order chi connectivity index (χ0) is 29.6. The molecule has 1 unspecified atom stereocenters. The Hall–Kier alpha value is -2.13. The second-order valence-corrected chi connectivity index (χ2v) is 13.0. The summed E-state index contributed by atoms with van der Waals surface area (Å²) in [6.07, 6.45) is -4.60. The number of hydrogen-bond donors (Lipinski definition) is 2. The molecule has 3 N–H and O–H groups in total. The van der Waals surface area contributed by atoms with Gasteiger partial charge in [-0.2, -0.15) is 4.98 Å². The van der Waals surface area contributed by atoms with E-state index in [9.17, 15) is 24.1 Å². The number of fused-ring (bicyclic) bond motifs is 1. The van der Waals surface area contributed by atoms with Crippen LogP contribution < -0.4 is 11.4 Å². The van der Waals surface area contributed by atoms with Crippen molar-refractivity contribution in [1.82, 2.24) is 9.55 Å². The maximum absolute atomic E-state index is 15.6. The normalized spacial score (nSPS) is 28.6. The fourth-order valence-electron chi connectivity index (χ4n) is 3.65. The highest BCUT2D eigenvalue weighted by Crippen LogP contribution is 2.69. The lowest BCUT2D eigenvalue weighted by atomic mass is 9.98. The summed E-state index contributed by atoms with van der Waals surface area (Å²) < 4.78 is 60.7. The fourth-order valence-corrected chi connectivity index (χ4v) is 5.21. The van der Waals surface area contributed by atoms with E-state index in [2.05, 4.69) is 4.98 Å². The summed E-state index contributed by atoms with van der Waals surface area (Å²) >= 11 is 6.01. The first-order valence-electron chi connectivity index (χ1n) is 11.7. The van der Waals surface area contributed by atoms with Crippen molar-refractivity contribution in [2.24, 2.45) is 10.8 Å². The summed E-state index contributed by atoms with van der Waals surface area (Å²) in [4.78, 5) is 39.8. The molecule has 1 aromatic heterocycles. The van der Waals surface area contributed by atoms with E-state index >= 15 is 4.39 Å². The van der Waals surface area contributed by atoms with Crippen LogP contribution in [0.4, 0.5) is 10.2 Å². The van der Waals surface area contributed by atoms with E-state index in [0.29, 0.717) is 0 Å². The first-order chi connectivity index (χ1) is 17.8. The molecule has 0 bridgehead atoms. The SMILES string of the molecule is CC(C)(C)C(=O)OCOP(=O)(OCOC(=O)C(C)(C)C)OC1[C@@]2(CCl)O[C@@H](n3ccc(N)nc3=O)[C@H](F)[C@@]12O. The van der Waals surface area contributed by atoms with E-state index in [4.69, 9.17) is 45.1 Å². The molecule has 39 heavy (non-hydrogen) atoms. The van der Waals surface area contributed by atoms with E-state index in [0.717, 1.165) is 10.8 Å². The Morgan fingerprint density at radius 2 is 1.69 bits per heavy atom. The standard InChI is InChI=1S/C22H32ClFN3O11P/c1-19(2,3)16(28)33-10-35-39(32,36-11-34-17(29)20(4,5)6)38-15-21(9-23)22(15,31)13(24)14(37-21)27-8-7-12(25)26-18(27)30/h7-8,13-15,31H,9-11H2,1-6H3,(H2,25,26,30)/t13-,14+,15?,21+,22+/m0/s1. The minimum Gasteiger partial charge on any atom is -0.437 e. The van der Waals surface area contributed by atoms with Crippen molar-refractivity contribution in [1.29, 1.82) is 0 Å². The number of nitrogen functional groups attached to an aromatic ring is 1. The number of ether oxygens (including phenoxy) is 3. The molecular formula is C22H32ClFN3O11P. The Labute approximate surface area is 228 Å². The van der Waals surface area contributed by atoms with Gasteiger partial charge in [0.05, 0.1) is 16.7 Å². The smallest absolute Gasteiger partial charge is 0.437 e. The Kier molecular flexibility index (Phi) is 8.61. The van der Waals surface area contributed by atoms with Crippen molar-refractivity contribution in [3.05, 3.63) is 22.7 Å². The molecule has 1 saturated heterocycles. The van der Waals surface area contributed by atoms with Crippen molar-refractivity contribution in [2.45, 2.75) is 71.2 Å². The Bertz CT molecular complexity index is 1180. The molecule has 1 aliphatic carbocycles. The first-order valence-corrected chi connectivity index (χ1v) is 13.7. The number of carbonyl (C=O) groups excluding carboxylic acids is 2. The first kappa shape index (κ1) is 31.4. The second kappa shape index (κ2) is 10.7. The molecule has 3 rings (SSSR count). The van der Waals surface area contributed by atoms with Gasteiger partial charge in [-0.1, -0.05) is 0 Å². The molecule has 17 heteroatoms. The molecule has 2 heterocycles. The predicted molar refractivity (Wildman–Crippen MR) is 132 cm³/mol. The summed E-state index contributed by atoms with van der Waals surface area (Å²) in [5, 5.41) is 11.2. The number of esters is 2. The molecule has 1 saturated carbocycles. The average Bonchev–Trinajstić information content (AvgIpc) is 3.21. The number of hydrogen-bond acceptors (Lipinski definition) is 13. The quantitative estimate of drug-likeness (QED) is 0.172. The van der Waals surface area contributed by atoms with E-state index in [1.54, 1.807) is 41.5 Å². The Morgan fingerprint density at radius 1 is 1.18 bits per heavy atom. The van der Waals surface area contributed by atoms with Crippen LogP contribution in [0, 0.1) is 10.8 Å².